The summed E-state index contributed by atoms with van der Waals surface area (Å²) in [5, 5.41) is 17.8. The molecule has 0 spiro atoms. The van der Waals surface area contributed by atoms with Crippen LogP contribution in [0.15, 0.2) is 47.4 Å². The first kappa shape index (κ1) is 17.0. The zero-order valence-corrected chi connectivity index (χ0v) is 14.2. The molecule has 1 N–H and O–H groups in total. The van der Waals surface area contributed by atoms with E-state index in [1.807, 2.05) is 44.2 Å². The summed E-state index contributed by atoms with van der Waals surface area (Å²) in [6.45, 7) is 3.77. The first-order valence-corrected chi connectivity index (χ1v) is 8.45. The maximum Gasteiger partial charge on any atom is 0.429 e. The van der Waals surface area contributed by atoms with E-state index in [1.165, 1.54) is 0 Å². The minimum Gasteiger partial charge on any atom is -0.476 e. The maximum absolute atomic E-state index is 9.41. The minimum absolute atomic E-state index is 0.0598. The molecule has 0 unspecified atom stereocenters. The standard InChI is InChI=1S/C16H18N2O5S/c1-16(2)22-13-11(9-20-12(19)8-18-17)21-15(14(13)23-16)24-10-6-4-3-5-7-10/h3-8,11,13-15H,9H2,1-2H3/p+1/b12-8-/t11-,13-,14-,15+/m1/s1. The Labute approximate surface area is 144 Å². The molecule has 2 fully saturated rings. The van der Waals surface area contributed by atoms with Gasteiger partial charge in [-0.25, -0.2) is 0 Å². The number of hydrogen-bond acceptors (Lipinski definition) is 7. The van der Waals surface area contributed by atoms with E-state index in [9.17, 15) is 5.11 Å². The number of aliphatic hydroxyl groups is 1. The highest BCUT2D eigenvalue weighted by molar-refractivity contribution is 7.99. The van der Waals surface area contributed by atoms with Gasteiger partial charge in [0.15, 0.2) is 10.8 Å². The van der Waals surface area contributed by atoms with Crippen molar-refractivity contribution in [1.82, 2.24) is 0 Å². The first-order chi connectivity index (χ1) is 11.5. The average Bonchev–Trinajstić information content (AvgIpc) is 3.01. The van der Waals surface area contributed by atoms with Crippen LogP contribution in [0, 0.1) is 5.39 Å². The van der Waals surface area contributed by atoms with Crippen LogP contribution in [0.25, 0.3) is 4.98 Å². The molecule has 2 saturated heterocycles. The SMILES string of the molecule is CC1(C)O[C@@H]2[C@H](O1)[C@@H](CO/C(O)=C\[N+]#N)O[C@H]2Sc1ccccc1. The van der Waals surface area contributed by atoms with Gasteiger partial charge in [-0.3, -0.25) is 0 Å². The molecular weight excluding hydrogens is 332 g/mol. The van der Waals surface area contributed by atoms with Crippen molar-refractivity contribution >= 4 is 11.8 Å². The lowest BCUT2D eigenvalue weighted by Gasteiger charge is -2.23. The summed E-state index contributed by atoms with van der Waals surface area (Å²) in [4.78, 5) is 3.77. The zero-order valence-electron chi connectivity index (χ0n) is 13.4. The number of thioether (sulfide) groups is 1. The monoisotopic (exact) mass is 351 g/mol. The molecule has 128 valence electrons. The topological polar surface area (TPSA) is 85.3 Å². The Hall–Kier alpha value is -1.79. The van der Waals surface area contributed by atoms with Gasteiger partial charge in [-0.05, 0) is 26.0 Å². The zero-order chi connectivity index (χ0) is 17.2. The molecular formula is C16H19N2O5S+. The second-order valence-electron chi connectivity index (χ2n) is 5.93. The van der Waals surface area contributed by atoms with Crippen molar-refractivity contribution in [3.63, 3.8) is 0 Å². The Bertz CT molecular complexity index is 646. The van der Waals surface area contributed by atoms with Crippen molar-refractivity contribution in [1.29, 1.82) is 5.39 Å². The van der Waals surface area contributed by atoms with Gasteiger partial charge in [0.1, 0.15) is 30.4 Å². The molecule has 0 aromatic heterocycles. The first-order valence-electron chi connectivity index (χ1n) is 7.57. The lowest BCUT2D eigenvalue weighted by Crippen LogP contribution is -2.32. The summed E-state index contributed by atoms with van der Waals surface area (Å²) in [7, 11) is 0. The van der Waals surface area contributed by atoms with Gasteiger partial charge in [0, 0.05) is 4.90 Å². The highest BCUT2D eigenvalue weighted by atomic mass is 32.2. The van der Waals surface area contributed by atoms with Crippen LogP contribution in [-0.2, 0) is 18.9 Å². The highest BCUT2D eigenvalue weighted by Crippen LogP contribution is 2.44. The van der Waals surface area contributed by atoms with E-state index in [0.717, 1.165) is 11.1 Å². The third kappa shape index (κ3) is 3.82. The number of hydrogen-bond donors (Lipinski definition) is 1. The molecule has 0 amide bonds. The second-order valence-corrected chi connectivity index (χ2v) is 7.10. The molecule has 2 heterocycles. The van der Waals surface area contributed by atoms with Gasteiger partial charge in [0.2, 0.25) is 5.39 Å². The van der Waals surface area contributed by atoms with Crippen LogP contribution in [0.2, 0.25) is 0 Å². The van der Waals surface area contributed by atoms with Crippen LogP contribution >= 0.6 is 11.8 Å². The molecule has 2 aliphatic rings. The molecule has 1 aromatic rings. The fraction of sp³-hybridized carbons (Fsp3) is 0.500. The molecule has 7 nitrogen and oxygen atoms in total. The molecule has 0 radical (unpaired) electrons. The van der Waals surface area contributed by atoms with Gasteiger partial charge in [-0.2, -0.15) is 0 Å². The van der Waals surface area contributed by atoms with Gasteiger partial charge >= 0.3 is 12.1 Å². The van der Waals surface area contributed by atoms with Crippen molar-refractivity contribution in [2.24, 2.45) is 0 Å². The number of ether oxygens (including phenoxy) is 4. The van der Waals surface area contributed by atoms with Crippen LogP contribution in [0.4, 0.5) is 0 Å². The lowest BCUT2D eigenvalue weighted by molar-refractivity contribution is -0.182. The maximum atomic E-state index is 9.41. The molecule has 8 heteroatoms. The molecule has 2 aliphatic heterocycles. The van der Waals surface area contributed by atoms with E-state index in [0.29, 0.717) is 0 Å². The number of nitrogens with zero attached hydrogens (tertiary/aromatic N) is 2. The van der Waals surface area contributed by atoms with E-state index >= 15 is 0 Å². The van der Waals surface area contributed by atoms with Crippen LogP contribution in [-0.4, -0.2) is 41.2 Å². The summed E-state index contributed by atoms with van der Waals surface area (Å²) in [6, 6.07) is 9.90. The van der Waals surface area contributed by atoms with E-state index in [4.69, 9.17) is 24.3 Å². The Morgan fingerprint density at radius 3 is 2.75 bits per heavy atom. The summed E-state index contributed by atoms with van der Waals surface area (Å²) in [5.74, 6) is -1.19. The van der Waals surface area contributed by atoms with Crippen molar-refractivity contribution in [3.8, 4) is 0 Å². The van der Waals surface area contributed by atoms with Crippen molar-refractivity contribution in [3.05, 3.63) is 47.5 Å². The molecule has 0 aliphatic carbocycles. The fourth-order valence-corrected chi connectivity index (χ4v) is 3.88. The number of aliphatic hydroxyl groups excluding tert-OH is 1. The van der Waals surface area contributed by atoms with Crippen LogP contribution < -0.4 is 0 Å². The third-order valence-corrected chi connectivity index (χ3v) is 4.82. The van der Waals surface area contributed by atoms with Gasteiger partial charge in [-0.1, -0.05) is 30.0 Å². The number of diazo groups is 1. The van der Waals surface area contributed by atoms with E-state index in [-0.39, 0.29) is 24.3 Å². The normalized spacial score (nSPS) is 31.5. The largest absolute Gasteiger partial charge is 0.476 e. The number of rotatable bonds is 5. The molecule has 24 heavy (non-hydrogen) atoms. The minimum atomic E-state index is -0.703. The quantitative estimate of drug-likeness (QED) is 0.644. The molecule has 0 saturated carbocycles. The highest BCUT2D eigenvalue weighted by Gasteiger charge is 2.55. The van der Waals surface area contributed by atoms with E-state index in [1.54, 1.807) is 11.8 Å². The van der Waals surface area contributed by atoms with Crippen LogP contribution in [0.1, 0.15) is 13.8 Å². The van der Waals surface area contributed by atoms with Crippen molar-refractivity contribution in [2.45, 2.75) is 48.3 Å². The van der Waals surface area contributed by atoms with Crippen molar-refractivity contribution in [2.75, 3.05) is 6.61 Å². The smallest absolute Gasteiger partial charge is 0.429 e. The molecule has 0 bridgehead atoms. The van der Waals surface area contributed by atoms with E-state index < -0.39 is 17.8 Å². The molecule has 4 atom stereocenters. The fourth-order valence-electron chi connectivity index (χ4n) is 2.76. The van der Waals surface area contributed by atoms with Gasteiger partial charge in [0.25, 0.3) is 0 Å². The Morgan fingerprint density at radius 1 is 1.33 bits per heavy atom. The van der Waals surface area contributed by atoms with Crippen LogP contribution in [0.3, 0.4) is 0 Å². The van der Waals surface area contributed by atoms with Gasteiger partial charge in [0.05, 0.1) is 0 Å². The molecule has 1 aromatic carbocycles. The van der Waals surface area contributed by atoms with Gasteiger partial charge < -0.3 is 24.1 Å². The predicted molar refractivity (Wildman–Crippen MR) is 86.5 cm³/mol. The number of fused-ring (bicyclic) bond motifs is 1. The predicted octanol–water partition coefficient (Wildman–Crippen LogP) is 3.25. The summed E-state index contributed by atoms with van der Waals surface area (Å²) >= 11 is 1.56. The lowest BCUT2D eigenvalue weighted by atomic mass is 10.1. The Balaban J connectivity index is 1.70. The second kappa shape index (κ2) is 6.99. The van der Waals surface area contributed by atoms with Crippen LogP contribution in [0.5, 0.6) is 0 Å². The number of benzene rings is 1. The summed E-state index contributed by atoms with van der Waals surface area (Å²) in [5.41, 5.74) is -0.249. The Kier molecular flexibility index (Phi) is 4.96. The van der Waals surface area contributed by atoms with E-state index in [2.05, 4.69) is 4.98 Å². The molecule has 3 rings (SSSR count). The third-order valence-electron chi connectivity index (χ3n) is 3.67. The summed E-state index contributed by atoms with van der Waals surface area (Å²) < 4.78 is 23.1. The Morgan fingerprint density at radius 2 is 2.04 bits per heavy atom. The summed E-state index contributed by atoms with van der Waals surface area (Å²) in [6.07, 6.45) is -0.154. The van der Waals surface area contributed by atoms with Gasteiger partial charge in [-0.15, -0.1) is 0 Å². The average molecular weight is 351 g/mol. The van der Waals surface area contributed by atoms with Crippen molar-refractivity contribution < 1.29 is 24.1 Å².